The van der Waals surface area contributed by atoms with Gasteiger partial charge in [-0.15, -0.1) is 21.5 Å². The lowest BCUT2D eigenvalue weighted by molar-refractivity contribution is 0.0741. The Morgan fingerprint density at radius 3 is 2.68 bits per heavy atom. The number of rotatable bonds is 8. The number of hydrogen-bond donors (Lipinski definition) is 0. The van der Waals surface area contributed by atoms with E-state index >= 15 is 0 Å². The van der Waals surface area contributed by atoms with Crippen LogP contribution in [0.2, 0.25) is 5.02 Å². The van der Waals surface area contributed by atoms with E-state index in [1.165, 1.54) is 23.1 Å². The van der Waals surface area contributed by atoms with Crippen LogP contribution in [0, 0.1) is 0 Å². The van der Waals surface area contributed by atoms with E-state index in [-0.39, 0.29) is 5.91 Å². The average Bonchev–Trinajstić information content (AvgIpc) is 3.67. The van der Waals surface area contributed by atoms with E-state index in [1.807, 2.05) is 75.5 Å². The number of halogens is 1. The maximum atomic E-state index is 13.2. The molecule has 0 N–H and O–H groups in total. The van der Waals surface area contributed by atoms with Gasteiger partial charge in [-0.3, -0.25) is 14.3 Å². The predicted molar refractivity (Wildman–Crippen MR) is 162 cm³/mol. The zero-order valence-electron chi connectivity index (χ0n) is 22.2. The summed E-state index contributed by atoms with van der Waals surface area (Å²) in [6.45, 7) is 2.76. The molecule has 1 aliphatic heterocycles. The molecule has 3 aromatic heterocycles. The highest BCUT2D eigenvalue weighted by molar-refractivity contribution is 7.98. The van der Waals surface area contributed by atoms with Gasteiger partial charge in [-0.2, -0.15) is 0 Å². The van der Waals surface area contributed by atoms with Crippen LogP contribution in [0.5, 0.6) is 5.75 Å². The van der Waals surface area contributed by atoms with Crippen molar-refractivity contribution in [2.24, 2.45) is 0 Å². The molecule has 2 aromatic carbocycles. The zero-order chi connectivity index (χ0) is 28.2. The minimum Gasteiger partial charge on any atom is -0.495 e. The normalized spacial score (nSPS) is 13.4. The van der Waals surface area contributed by atoms with Crippen molar-refractivity contribution in [3.05, 3.63) is 94.2 Å². The van der Waals surface area contributed by atoms with Gasteiger partial charge in [-0.25, -0.2) is 4.98 Å². The summed E-state index contributed by atoms with van der Waals surface area (Å²) in [5.74, 6) is 1.87. The van der Waals surface area contributed by atoms with Crippen molar-refractivity contribution in [2.75, 3.05) is 38.2 Å². The third-order valence-corrected chi connectivity index (χ3v) is 8.92. The van der Waals surface area contributed by atoms with Gasteiger partial charge in [0.25, 0.3) is 5.91 Å². The number of anilines is 1. The number of carbonyl (C=O) groups excluding carboxylic acids is 1. The largest absolute Gasteiger partial charge is 0.495 e. The monoisotopic (exact) mass is 603 g/mol. The molecule has 0 aliphatic carbocycles. The molecule has 0 unspecified atom stereocenters. The Labute approximate surface area is 250 Å². The second kappa shape index (κ2) is 12.3. The summed E-state index contributed by atoms with van der Waals surface area (Å²) in [7, 11) is 1.64. The van der Waals surface area contributed by atoms with Gasteiger partial charge in [0.1, 0.15) is 16.5 Å². The number of amides is 1. The Morgan fingerprint density at radius 2 is 1.90 bits per heavy atom. The lowest BCUT2D eigenvalue weighted by Crippen LogP contribution is -2.48. The molecule has 41 heavy (non-hydrogen) atoms. The summed E-state index contributed by atoms with van der Waals surface area (Å²) < 4.78 is 7.61. The molecule has 208 valence electrons. The Kier molecular flexibility index (Phi) is 8.17. The molecule has 0 atom stereocenters. The standard InChI is InChI=1S/C29H26ClN7O2S2/c1-39-25-10-3-2-9-24(25)37-27(20-6-5-11-31-17-20)33-34-29(37)41-19-26-32-23(18-40-26)28(38)36-14-12-35(13-15-36)22-8-4-7-21(30)16-22/h2-11,16-18H,12-15,19H2,1H3. The number of hydrogen-bond acceptors (Lipinski definition) is 9. The topological polar surface area (TPSA) is 89.3 Å². The molecule has 0 bridgehead atoms. The lowest BCUT2D eigenvalue weighted by atomic mass is 10.2. The van der Waals surface area contributed by atoms with E-state index in [4.69, 9.17) is 16.3 Å². The van der Waals surface area contributed by atoms with E-state index in [1.54, 1.807) is 19.5 Å². The number of thioether (sulfide) groups is 1. The van der Waals surface area contributed by atoms with E-state index in [2.05, 4.69) is 25.1 Å². The van der Waals surface area contributed by atoms with Gasteiger partial charge in [-0.1, -0.05) is 41.6 Å². The average molecular weight is 604 g/mol. The quantitative estimate of drug-likeness (QED) is 0.209. The molecule has 6 rings (SSSR count). The van der Waals surface area contributed by atoms with Crippen LogP contribution in [0.15, 0.2) is 83.6 Å². The van der Waals surface area contributed by atoms with Crippen LogP contribution < -0.4 is 9.64 Å². The molecule has 0 saturated carbocycles. The summed E-state index contributed by atoms with van der Waals surface area (Å²) in [4.78, 5) is 26.3. The van der Waals surface area contributed by atoms with Crippen molar-refractivity contribution in [1.29, 1.82) is 0 Å². The molecule has 9 nitrogen and oxygen atoms in total. The Bertz CT molecular complexity index is 1650. The smallest absolute Gasteiger partial charge is 0.273 e. The van der Waals surface area contributed by atoms with Crippen LogP contribution in [-0.4, -0.2) is 68.8 Å². The van der Waals surface area contributed by atoms with Crippen LogP contribution in [0.4, 0.5) is 5.69 Å². The second-order valence-corrected chi connectivity index (χ2v) is 11.6. The molecule has 12 heteroatoms. The van der Waals surface area contributed by atoms with Crippen molar-refractivity contribution in [2.45, 2.75) is 10.9 Å². The summed E-state index contributed by atoms with van der Waals surface area (Å²) in [5.41, 5.74) is 3.22. The fraction of sp³-hybridized carbons (Fsp3) is 0.207. The van der Waals surface area contributed by atoms with E-state index in [0.717, 1.165) is 35.0 Å². The van der Waals surface area contributed by atoms with Crippen LogP contribution in [-0.2, 0) is 5.75 Å². The van der Waals surface area contributed by atoms with Crippen LogP contribution in [0.3, 0.4) is 0 Å². The summed E-state index contributed by atoms with van der Waals surface area (Å²) in [5, 5.41) is 13.1. The van der Waals surface area contributed by atoms with Gasteiger partial charge < -0.3 is 14.5 Å². The highest BCUT2D eigenvalue weighted by Crippen LogP contribution is 2.34. The van der Waals surface area contributed by atoms with E-state index in [9.17, 15) is 4.79 Å². The molecule has 0 radical (unpaired) electrons. The number of pyridine rings is 1. The maximum absolute atomic E-state index is 13.2. The number of ether oxygens (including phenoxy) is 1. The number of carbonyl (C=O) groups is 1. The van der Waals surface area contributed by atoms with Crippen molar-refractivity contribution in [3.8, 4) is 22.8 Å². The number of para-hydroxylation sites is 2. The van der Waals surface area contributed by atoms with Gasteiger partial charge in [0.05, 0.1) is 18.6 Å². The number of piperazine rings is 1. The fourth-order valence-corrected chi connectivity index (χ4v) is 6.60. The van der Waals surface area contributed by atoms with Crippen molar-refractivity contribution in [3.63, 3.8) is 0 Å². The number of methoxy groups -OCH3 is 1. The molecule has 1 aliphatic rings. The summed E-state index contributed by atoms with van der Waals surface area (Å²) in [6.07, 6.45) is 3.49. The van der Waals surface area contributed by atoms with Crippen molar-refractivity contribution in [1.82, 2.24) is 29.6 Å². The minimum absolute atomic E-state index is 0.0423. The lowest BCUT2D eigenvalue weighted by Gasteiger charge is -2.35. The predicted octanol–water partition coefficient (Wildman–Crippen LogP) is 5.70. The number of aromatic nitrogens is 5. The van der Waals surface area contributed by atoms with Gasteiger partial charge in [-0.05, 0) is 42.5 Å². The van der Waals surface area contributed by atoms with Crippen molar-refractivity contribution >= 4 is 46.3 Å². The maximum Gasteiger partial charge on any atom is 0.273 e. The molecular formula is C29H26ClN7O2S2. The van der Waals surface area contributed by atoms with Crippen LogP contribution in [0.25, 0.3) is 17.1 Å². The molecule has 4 heterocycles. The van der Waals surface area contributed by atoms with Crippen LogP contribution >= 0.6 is 34.7 Å². The first-order valence-electron chi connectivity index (χ1n) is 13.0. The Balaban J connectivity index is 1.16. The first kappa shape index (κ1) is 27.3. The second-order valence-electron chi connectivity index (χ2n) is 9.23. The third-order valence-electron chi connectivity index (χ3n) is 6.72. The van der Waals surface area contributed by atoms with Gasteiger partial charge >= 0.3 is 0 Å². The number of nitrogens with zero attached hydrogens (tertiary/aromatic N) is 7. The molecular weight excluding hydrogens is 578 g/mol. The molecule has 0 spiro atoms. The highest BCUT2D eigenvalue weighted by Gasteiger charge is 2.25. The third kappa shape index (κ3) is 5.92. The summed E-state index contributed by atoms with van der Waals surface area (Å²) >= 11 is 9.14. The summed E-state index contributed by atoms with van der Waals surface area (Å²) in [6, 6.07) is 19.4. The molecule has 5 aromatic rings. The minimum atomic E-state index is -0.0423. The highest BCUT2D eigenvalue weighted by atomic mass is 35.5. The molecule has 1 saturated heterocycles. The Hall–Kier alpha value is -3.93. The van der Waals surface area contributed by atoms with E-state index < -0.39 is 0 Å². The molecule has 1 amide bonds. The van der Waals surface area contributed by atoms with Gasteiger partial charge in [0.2, 0.25) is 0 Å². The number of benzene rings is 2. The van der Waals surface area contributed by atoms with Crippen LogP contribution in [0.1, 0.15) is 15.5 Å². The number of thiazole rings is 1. The first-order valence-corrected chi connectivity index (χ1v) is 15.2. The zero-order valence-corrected chi connectivity index (χ0v) is 24.6. The van der Waals surface area contributed by atoms with Gasteiger partial charge in [0.15, 0.2) is 11.0 Å². The fourth-order valence-electron chi connectivity index (χ4n) is 4.68. The van der Waals surface area contributed by atoms with E-state index in [0.29, 0.717) is 46.3 Å². The van der Waals surface area contributed by atoms with Gasteiger partial charge in [0, 0.05) is 60.2 Å². The SMILES string of the molecule is COc1ccccc1-n1c(SCc2nc(C(=O)N3CCN(c4cccc(Cl)c4)CC3)cs2)nnc1-c1cccnc1. The van der Waals surface area contributed by atoms with Crippen molar-refractivity contribution < 1.29 is 9.53 Å². The first-order chi connectivity index (χ1) is 20.1. The Morgan fingerprint density at radius 1 is 1.05 bits per heavy atom. The molecule has 1 fully saturated rings.